The molecule has 1 fully saturated rings. The monoisotopic (exact) mass is 294 g/mol. The zero-order valence-electron chi connectivity index (χ0n) is 11.2. The van der Waals surface area contributed by atoms with Crippen LogP contribution in [0.5, 0.6) is 0 Å². The maximum absolute atomic E-state index is 12.6. The smallest absolute Gasteiger partial charge is 0.256 e. The number of fused-ring (bicyclic) bond motifs is 1. The Morgan fingerprint density at radius 2 is 2.15 bits per heavy atom. The minimum absolute atomic E-state index is 0.0629. The molecule has 2 heterocycles. The molecule has 2 aliphatic rings. The third-order valence-corrected chi connectivity index (χ3v) is 5.65. The van der Waals surface area contributed by atoms with E-state index in [0.717, 1.165) is 19.3 Å². The molecule has 5 nitrogen and oxygen atoms in total. The zero-order valence-corrected chi connectivity index (χ0v) is 12.0. The van der Waals surface area contributed by atoms with Crippen LogP contribution in [0, 0.1) is 4.78 Å². The van der Waals surface area contributed by atoms with Crippen LogP contribution in [0.2, 0.25) is 0 Å². The number of hydrogen-bond acceptors (Lipinski definition) is 4. The average molecular weight is 294 g/mol. The summed E-state index contributed by atoms with van der Waals surface area (Å²) in [5.74, 6) is 0.134. The number of benzene rings is 1. The van der Waals surface area contributed by atoms with E-state index in [4.69, 9.17) is 9.52 Å². The van der Waals surface area contributed by atoms with E-state index in [1.54, 1.807) is 23.1 Å². The van der Waals surface area contributed by atoms with Crippen molar-refractivity contribution in [2.24, 2.45) is 0 Å². The average Bonchev–Trinajstić information content (AvgIpc) is 2.48. The number of nitrogens with zero attached hydrogens (tertiary/aromatic N) is 1. The first-order valence-corrected chi connectivity index (χ1v) is 8.61. The Morgan fingerprint density at radius 3 is 2.90 bits per heavy atom. The highest BCUT2D eigenvalue weighted by molar-refractivity contribution is 7.92. The van der Waals surface area contributed by atoms with Gasteiger partial charge < -0.3 is 9.64 Å². The van der Waals surface area contributed by atoms with Crippen molar-refractivity contribution in [2.75, 3.05) is 23.8 Å². The summed E-state index contributed by atoms with van der Waals surface area (Å²) in [5.41, 5.74) is 0.609. The Hall–Kier alpha value is -1.40. The molecule has 0 radical (unpaired) electrons. The van der Waals surface area contributed by atoms with Gasteiger partial charge in [-0.2, -0.15) is 0 Å². The molecule has 2 atom stereocenters. The molecular formula is C14H18N2O3S. The van der Waals surface area contributed by atoms with Gasteiger partial charge in [0, 0.05) is 13.2 Å². The van der Waals surface area contributed by atoms with Crippen LogP contribution in [0.15, 0.2) is 29.2 Å². The molecule has 0 aromatic heterocycles. The summed E-state index contributed by atoms with van der Waals surface area (Å²) >= 11 is 0. The summed E-state index contributed by atoms with van der Waals surface area (Å²) in [5, 5.41) is 0. The van der Waals surface area contributed by atoms with Crippen molar-refractivity contribution in [1.82, 2.24) is 0 Å². The van der Waals surface area contributed by atoms with E-state index in [1.165, 1.54) is 0 Å². The number of carbonyl (C=O) groups excluding carboxylic acids is 1. The zero-order chi connectivity index (χ0) is 14.2. The summed E-state index contributed by atoms with van der Waals surface area (Å²) in [6.45, 7) is 0.957. The lowest BCUT2D eigenvalue weighted by Gasteiger charge is -2.34. The topological polar surface area (TPSA) is 70.5 Å². The van der Waals surface area contributed by atoms with E-state index in [-0.39, 0.29) is 11.7 Å². The summed E-state index contributed by atoms with van der Waals surface area (Å²) < 4.78 is 25.8. The fourth-order valence-corrected chi connectivity index (χ4v) is 4.22. The van der Waals surface area contributed by atoms with Crippen molar-refractivity contribution in [3.63, 3.8) is 0 Å². The van der Waals surface area contributed by atoms with Gasteiger partial charge in [-0.25, -0.2) is 8.99 Å². The van der Waals surface area contributed by atoms with Crippen molar-refractivity contribution >= 4 is 21.3 Å². The second-order valence-corrected chi connectivity index (χ2v) is 7.39. The van der Waals surface area contributed by atoms with Gasteiger partial charge in [0.2, 0.25) is 0 Å². The van der Waals surface area contributed by atoms with Crippen molar-refractivity contribution in [3.8, 4) is 0 Å². The van der Waals surface area contributed by atoms with E-state index in [1.807, 2.05) is 6.07 Å². The highest BCUT2D eigenvalue weighted by Gasteiger charge is 2.33. The minimum Gasteiger partial charge on any atom is -0.368 e. The van der Waals surface area contributed by atoms with Gasteiger partial charge in [-0.3, -0.25) is 4.79 Å². The molecule has 0 bridgehead atoms. The molecule has 0 aliphatic carbocycles. The number of hydrogen-bond donors (Lipinski definition) is 1. The summed E-state index contributed by atoms with van der Waals surface area (Å²) in [4.78, 5) is 14.7. The maximum Gasteiger partial charge on any atom is 0.256 e. The molecular weight excluding hydrogens is 276 g/mol. The van der Waals surface area contributed by atoms with Gasteiger partial charge in [-0.05, 0) is 31.4 Å². The van der Waals surface area contributed by atoms with Gasteiger partial charge in [0.25, 0.3) is 5.91 Å². The second kappa shape index (κ2) is 5.18. The molecule has 1 N–H and O–H groups in total. The fourth-order valence-electron chi connectivity index (χ4n) is 2.75. The fraction of sp³-hybridized carbons (Fsp3) is 0.500. The first kappa shape index (κ1) is 13.6. The van der Waals surface area contributed by atoms with Crippen LogP contribution < -0.4 is 4.90 Å². The molecule has 3 rings (SSSR count). The molecule has 6 heteroatoms. The van der Waals surface area contributed by atoms with Crippen molar-refractivity contribution in [1.29, 1.82) is 4.78 Å². The molecule has 1 amide bonds. The molecule has 1 aromatic carbocycles. The maximum atomic E-state index is 12.6. The first-order chi connectivity index (χ1) is 9.59. The van der Waals surface area contributed by atoms with Gasteiger partial charge in [-0.1, -0.05) is 12.1 Å². The highest BCUT2D eigenvalue weighted by atomic mass is 32.2. The quantitative estimate of drug-likeness (QED) is 0.861. The number of ether oxygens (including phenoxy) is 1. The third-order valence-electron chi connectivity index (χ3n) is 3.83. The highest BCUT2D eigenvalue weighted by Crippen LogP contribution is 2.32. The molecule has 108 valence electrons. The van der Waals surface area contributed by atoms with E-state index in [2.05, 4.69) is 0 Å². The third kappa shape index (κ3) is 2.33. The molecule has 2 aliphatic heterocycles. The Labute approximate surface area is 118 Å². The molecule has 0 saturated carbocycles. The van der Waals surface area contributed by atoms with Crippen LogP contribution >= 0.6 is 0 Å². The van der Waals surface area contributed by atoms with E-state index >= 15 is 0 Å². The summed E-state index contributed by atoms with van der Waals surface area (Å²) in [7, 11) is -2.77. The van der Waals surface area contributed by atoms with Gasteiger partial charge in [-0.15, -0.1) is 0 Å². The van der Waals surface area contributed by atoms with Crippen LogP contribution in [0.1, 0.15) is 19.3 Å². The Kier molecular flexibility index (Phi) is 3.52. The Morgan fingerprint density at radius 1 is 1.35 bits per heavy atom. The van der Waals surface area contributed by atoms with Gasteiger partial charge in [0.1, 0.15) is 6.10 Å². The lowest BCUT2D eigenvalue weighted by Crippen LogP contribution is -2.46. The largest absolute Gasteiger partial charge is 0.368 e. The van der Waals surface area contributed by atoms with E-state index in [0.29, 0.717) is 23.7 Å². The van der Waals surface area contributed by atoms with Crippen molar-refractivity contribution in [3.05, 3.63) is 24.3 Å². The second-order valence-electron chi connectivity index (χ2n) is 5.19. The van der Waals surface area contributed by atoms with Gasteiger partial charge >= 0.3 is 0 Å². The summed E-state index contributed by atoms with van der Waals surface area (Å²) in [6, 6.07) is 7.02. The molecule has 1 saturated heterocycles. The Bertz CT molecular complexity index is 621. The minimum atomic E-state index is -2.77. The van der Waals surface area contributed by atoms with Crippen LogP contribution in [0.4, 0.5) is 5.69 Å². The molecule has 0 spiro atoms. The molecule has 2 unspecified atom stereocenters. The number of nitrogens with one attached hydrogen (secondary N) is 1. The number of rotatable bonds is 1. The van der Waals surface area contributed by atoms with E-state index < -0.39 is 15.8 Å². The molecule has 1 aromatic rings. The van der Waals surface area contributed by atoms with Crippen LogP contribution in [-0.2, 0) is 19.3 Å². The standard InChI is InChI=1S/C14H18N2O3S/c15-20(18)10-8-16(11-5-1-2-7-13(11)20)14(17)12-6-3-4-9-19-12/h1-2,5,7,12,15H,3-4,6,8-10H2. The number of carbonyl (C=O) groups is 1. The Balaban J connectivity index is 1.93. The predicted octanol–water partition coefficient (Wildman–Crippen LogP) is 2.01. The van der Waals surface area contributed by atoms with Crippen LogP contribution in [0.3, 0.4) is 0 Å². The summed E-state index contributed by atoms with van der Waals surface area (Å²) in [6.07, 6.45) is 2.35. The molecule has 20 heavy (non-hydrogen) atoms. The number of amides is 1. The van der Waals surface area contributed by atoms with Crippen LogP contribution in [-0.4, -0.2) is 35.1 Å². The van der Waals surface area contributed by atoms with Crippen LogP contribution in [0.25, 0.3) is 0 Å². The number of para-hydroxylation sites is 1. The first-order valence-electron chi connectivity index (χ1n) is 6.88. The SMILES string of the molecule is N=S1(=O)CCN(C(=O)C2CCCCO2)c2ccccc21. The normalized spacial score (nSPS) is 29.8. The van der Waals surface area contributed by atoms with Gasteiger partial charge in [0.15, 0.2) is 0 Å². The van der Waals surface area contributed by atoms with Crippen molar-refractivity contribution in [2.45, 2.75) is 30.3 Å². The van der Waals surface area contributed by atoms with Gasteiger partial charge in [0.05, 0.1) is 26.1 Å². The number of anilines is 1. The predicted molar refractivity (Wildman–Crippen MR) is 76.4 cm³/mol. The van der Waals surface area contributed by atoms with E-state index in [9.17, 15) is 9.00 Å². The lowest BCUT2D eigenvalue weighted by molar-refractivity contribution is -0.132. The lowest BCUT2D eigenvalue weighted by atomic mass is 10.1. The van der Waals surface area contributed by atoms with Crippen molar-refractivity contribution < 1.29 is 13.7 Å².